The number of fused-ring (bicyclic) bond motifs is 5. The number of hydrogen-bond donors (Lipinski definition) is 0. The molecule has 0 radical (unpaired) electrons. The average Bonchev–Trinajstić information content (AvgIpc) is 3.74. The Hall–Kier alpha value is -7.49. The van der Waals surface area contributed by atoms with Crippen LogP contribution in [0.2, 0.25) is 0 Å². The van der Waals surface area contributed by atoms with Crippen LogP contribution in [-0.4, -0.2) is 26.1 Å². The lowest BCUT2D eigenvalue weighted by Gasteiger charge is -2.45. The Morgan fingerprint density at radius 3 is 1.62 bits per heavy atom. The second-order valence-electron chi connectivity index (χ2n) is 16.5. The first-order valence-corrected chi connectivity index (χ1v) is 26.6. The molecular weight excluding hydrogens is 827 g/mol. The molecule has 3 aromatic heterocycles. The lowest BCUT2D eigenvalue weighted by molar-refractivity contribution is 1.19. The predicted molar refractivity (Wildman–Crippen MR) is 276 cm³/mol. The van der Waals surface area contributed by atoms with E-state index in [-0.39, 0.29) is 0 Å². The first kappa shape index (κ1) is 38.2. The summed E-state index contributed by atoms with van der Waals surface area (Å²) in [6.45, 7) is 0. The summed E-state index contributed by atoms with van der Waals surface area (Å²) in [6, 6.07) is 88.3. The van der Waals surface area contributed by atoms with E-state index in [9.17, 15) is 0 Å². The van der Waals surface area contributed by atoms with Crippen molar-refractivity contribution < 1.29 is 0 Å². The summed E-state index contributed by atoms with van der Waals surface area (Å²) in [7, 11) is -6.12. The average molecular weight is 868 g/mol. The van der Waals surface area contributed by atoms with Crippen molar-refractivity contribution in [3.63, 3.8) is 0 Å². The fraction of sp³-hybridized carbons (Fsp3) is 0. The van der Waals surface area contributed by atoms with E-state index in [0.717, 1.165) is 17.1 Å². The Kier molecular flexibility index (Phi) is 9.37. The van der Waals surface area contributed by atoms with Gasteiger partial charge in [-0.3, -0.25) is 9.88 Å². The molecule has 0 fully saturated rings. The summed E-state index contributed by atoms with van der Waals surface area (Å²) in [5.74, 6) is 0.897. The fourth-order valence-electron chi connectivity index (χ4n) is 10.5. The van der Waals surface area contributed by atoms with E-state index in [0.29, 0.717) is 0 Å². The van der Waals surface area contributed by atoms with Crippen LogP contribution in [0.15, 0.2) is 249 Å². The van der Waals surface area contributed by atoms with Crippen LogP contribution in [0.5, 0.6) is 0 Å². The van der Waals surface area contributed by atoms with Crippen molar-refractivity contribution in [1.29, 1.82) is 0 Å². The second kappa shape index (κ2) is 15.7. The number of benzene rings is 8. The highest BCUT2D eigenvalue weighted by Crippen LogP contribution is 2.42. The minimum absolute atomic E-state index is 0.897. The lowest BCUT2D eigenvalue weighted by atomic mass is 10.1. The summed E-state index contributed by atoms with van der Waals surface area (Å²) in [5.41, 5.74) is 4.43. The van der Waals surface area contributed by atoms with Gasteiger partial charge in [-0.2, -0.15) is 0 Å². The maximum absolute atomic E-state index is 5.18. The van der Waals surface area contributed by atoms with Crippen LogP contribution in [0.4, 0.5) is 17.2 Å². The number of aromatic nitrogens is 2. The van der Waals surface area contributed by atoms with Crippen molar-refractivity contribution in [3.05, 3.63) is 249 Å². The molecule has 0 saturated carbocycles. The van der Waals surface area contributed by atoms with E-state index in [1.807, 2.05) is 35.9 Å². The van der Waals surface area contributed by atoms with Gasteiger partial charge in [0.15, 0.2) is 16.1 Å². The molecule has 0 N–H and O–H groups in total. The Morgan fingerprint density at radius 2 is 0.969 bits per heavy atom. The molecule has 0 aliphatic carbocycles. The van der Waals surface area contributed by atoms with Crippen LogP contribution in [0.25, 0.3) is 31.4 Å². The van der Waals surface area contributed by atoms with Gasteiger partial charge in [0.2, 0.25) is 0 Å². The van der Waals surface area contributed by atoms with Crippen molar-refractivity contribution in [2.24, 2.45) is 0 Å². The summed E-state index contributed by atoms with van der Waals surface area (Å²) in [4.78, 5) is 12.5. The molecular formula is C58H41N3SSi2. The molecule has 1 aliphatic heterocycles. The third-order valence-electron chi connectivity index (χ3n) is 13.2. The quantitative estimate of drug-likeness (QED) is 0.113. The topological polar surface area (TPSA) is 29.0 Å². The molecule has 8 aromatic carbocycles. The van der Waals surface area contributed by atoms with Crippen LogP contribution in [-0.2, 0) is 0 Å². The zero-order valence-corrected chi connectivity index (χ0v) is 37.7. The predicted octanol–water partition coefficient (Wildman–Crippen LogP) is 9.05. The standard InChI is InChI=1S/C58H41N3SSi2/c1-5-21-43(22-6-1)63(44-23-7-2-8-24-44,47-29-19-20-42(38-47)51-31-15-17-36-59-51)48-34-35-56-52(39-48)61(58-33-16-18-37-60-58)53-40-50-49-30-13-14-32-54(49)62-55(50)41-57(53)64(56,45-25-9-3-10-26-45)46-27-11-4-12-28-46/h1-41H. The normalized spacial score (nSPS) is 13.1. The monoisotopic (exact) mass is 867 g/mol. The van der Waals surface area contributed by atoms with E-state index < -0.39 is 16.1 Å². The summed E-state index contributed by atoms with van der Waals surface area (Å²) < 4.78 is 2.60. The van der Waals surface area contributed by atoms with Crippen molar-refractivity contribution in [3.8, 4) is 11.3 Å². The highest BCUT2D eigenvalue weighted by molar-refractivity contribution is 7.27. The van der Waals surface area contributed by atoms with Crippen LogP contribution < -0.4 is 46.4 Å². The molecule has 0 spiro atoms. The number of rotatable bonds is 8. The van der Waals surface area contributed by atoms with Gasteiger partial charge in [0.1, 0.15) is 5.82 Å². The van der Waals surface area contributed by atoms with E-state index in [4.69, 9.17) is 9.97 Å². The molecule has 0 saturated heterocycles. The van der Waals surface area contributed by atoms with Gasteiger partial charge in [-0.05, 0) is 90.0 Å². The maximum atomic E-state index is 5.18. The molecule has 3 nitrogen and oxygen atoms in total. The van der Waals surface area contributed by atoms with Crippen LogP contribution in [0.1, 0.15) is 0 Å². The van der Waals surface area contributed by atoms with Crippen molar-refractivity contribution in [1.82, 2.24) is 9.97 Å². The molecule has 4 heterocycles. The zero-order chi connectivity index (χ0) is 42.5. The molecule has 11 aromatic rings. The van der Waals surface area contributed by atoms with E-state index >= 15 is 0 Å². The van der Waals surface area contributed by atoms with Crippen LogP contribution >= 0.6 is 11.3 Å². The third-order valence-corrected chi connectivity index (χ3v) is 23.9. The summed E-state index contributed by atoms with van der Waals surface area (Å²) >= 11 is 1.89. The molecule has 12 rings (SSSR count). The van der Waals surface area contributed by atoms with E-state index in [1.54, 1.807) is 0 Å². The molecule has 0 bridgehead atoms. The van der Waals surface area contributed by atoms with Crippen molar-refractivity contribution >= 4 is 106 Å². The minimum atomic E-state index is -3.08. The van der Waals surface area contributed by atoms with Crippen molar-refractivity contribution in [2.45, 2.75) is 0 Å². The van der Waals surface area contributed by atoms with Gasteiger partial charge >= 0.3 is 0 Å². The van der Waals surface area contributed by atoms with Gasteiger partial charge in [-0.1, -0.05) is 188 Å². The first-order valence-electron chi connectivity index (χ1n) is 21.8. The first-order chi connectivity index (χ1) is 31.7. The highest BCUT2D eigenvalue weighted by atomic mass is 32.1. The van der Waals surface area contributed by atoms with Gasteiger partial charge in [0.05, 0.1) is 5.69 Å². The van der Waals surface area contributed by atoms with Crippen LogP contribution in [0.3, 0.4) is 0 Å². The molecule has 0 amide bonds. The van der Waals surface area contributed by atoms with Gasteiger partial charge in [-0.25, -0.2) is 4.98 Å². The number of thiophene rings is 1. The van der Waals surface area contributed by atoms with Crippen LogP contribution in [0, 0.1) is 0 Å². The Bertz CT molecular complexity index is 3360. The SMILES string of the molecule is c1ccc([Si](c2ccccc2)(c2cccc(-c3ccccn3)c2)c2ccc3c(c2)N(c2ccccn2)c2cc4c(cc2[Si]3(c2ccccc2)c2ccccc2)sc2ccccc24)cc1. The Balaban J connectivity index is 1.25. The molecule has 302 valence electrons. The number of nitrogens with zero attached hydrogens (tertiary/aromatic N) is 3. The molecule has 0 unspecified atom stereocenters. The highest BCUT2D eigenvalue weighted by Gasteiger charge is 2.51. The molecule has 0 atom stereocenters. The second-order valence-corrected chi connectivity index (χ2v) is 25.1. The van der Waals surface area contributed by atoms with Gasteiger partial charge < -0.3 is 0 Å². The third kappa shape index (κ3) is 5.91. The van der Waals surface area contributed by atoms with Gasteiger partial charge in [0, 0.05) is 49.5 Å². The zero-order valence-electron chi connectivity index (χ0n) is 34.9. The largest absolute Gasteiger partial charge is 0.295 e. The Labute approximate surface area is 379 Å². The lowest BCUT2D eigenvalue weighted by Crippen LogP contribution is -2.78. The number of pyridine rings is 2. The number of hydrogen-bond acceptors (Lipinski definition) is 4. The minimum Gasteiger partial charge on any atom is -0.295 e. The summed E-state index contributed by atoms with van der Waals surface area (Å²) in [5, 5.41) is 13.2. The smallest absolute Gasteiger partial charge is 0.184 e. The summed E-state index contributed by atoms with van der Waals surface area (Å²) in [6.07, 6.45) is 3.82. The molecule has 1 aliphatic rings. The molecule has 64 heavy (non-hydrogen) atoms. The Morgan fingerprint density at radius 1 is 0.391 bits per heavy atom. The van der Waals surface area contributed by atoms with E-state index in [2.05, 4.69) is 229 Å². The van der Waals surface area contributed by atoms with E-state index in [1.165, 1.54) is 73.0 Å². The van der Waals surface area contributed by atoms with Crippen molar-refractivity contribution in [2.75, 3.05) is 4.90 Å². The van der Waals surface area contributed by atoms with Gasteiger partial charge in [-0.15, -0.1) is 11.3 Å². The van der Waals surface area contributed by atoms with Gasteiger partial charge in [0.25, 0.3) is 0 Å². The maximum Gasteiger partial charge on any atom is 0.184 e. The number of anilines is 3. The molecule has 6 heteroatoms. The fourth-order valence-corrected chi connectivity index (χ4v) is 21.6.